The average Bonchev–Trinajstić information content (AvgIpc) is 2.23. The highest BCUT2D eigenvalue weighted by atomic mass is 16.5. The van der Waals surface area contributed by atoms with Crippen molar-refractivity contribution in [3.8, 4) is 0 Å². The summed E-state index contributed by atoms with van der Waals surface area (Å²) in [6.07, 6.45) is 0. The lowest BCUT2D eigenvalue weighted by Crippen LogP contribution is -2.23. The van der Waals surface area contributed by atoms with Crippen LogP contribution >= 0.6 is 0 Å². The summed E-state index contributed by atoms with van der Waals surface area (Å²) in [4.78, 5) is 28.5. The van der Waals surface area contributed by atoms with Gasteiger partial charge in [0.2, 0.25) is 0 Å². The van der Waals surface area contributed by atoms with Gasteiger partial charge in [0, 0.05) is 7.11 Å². The molecule has 0 aliphatic carbocycles. The number of ether oxygens (including phenoxy) is 2. The van der Waals surface area contributed by atoms with Crippen molar-refractivity contribution in [2.45, 2.75) is 13.5 Å². The summed E-state index contributed by atoms with van der Waals surface area (Å²) < 4.78 is 9.95. The summed E-state index contributed by atoms with van der Waals surface area (Å²) in [5.74, 6) is -0.989. The summed E-state index contributed by atoms with van der Waals surface area (Å²) in [6, 6.07) is 0. The van der Waals surface area contributed by atoms with Gasteiger partial charge in [-0.15, -0.1) is 0 Å². The van der Waals surface area contributed by atoms with Crippen LogP contribution in [0.15, 0.2) is 4.79 Å². The largest absolute Gasteiger partial charge is 0.477 e. The van der Waals surface area contributed by atoms with Crippen LogP contribution in [-0.2, 0) is 16.1 Å². The molecule has 0 saturated heterocycles. The van der Waals surface area contributed by atoms with E-state index in [4.69, 9.17) is 14.6 Å². The van der Waals surface area contributed by atoms with Gasteiger partial charge in [0.1, 0.15) is 18.0 Å². The van der Waals surface area contributed by atoms with E-state index in [9.17, 15) is 9.59 Å². The number of H-pyrrole nitrogens is 1. The van der Waals surface area contributed by atoms with Gasteiger partial charge in [-0.05, 0) is 6.92 Å². The summed E-state index contributed by atoms with van der Waals surface area (Å²) >= 11 is 0. The molecule has 2 N–H and O–H groups in total. The molecule has 7 heteroatoms. The number of carboxylic acids is 1. The van der Waals surface area contributed by atoms with Crippen molar-refractivity contribution in [3.05, 3.63) is 27.4 Å². The first-order chi connectivity index (χ1) is 8.06. The average molecular weight is 242 g/mol. The number of hydrogen-bond donors (Lipinski definition) is 2. The summed E-state index contributed by atoms with van der Waals surface area (Å²) in [7, 11) is 1.55. The van der Waals surface area contributed by atoms with E-state index < -0.39 is 11.5 Å². The Bertz CT molecular complexity index is 454. The highest BCUT2D eigenvalue weighted by molar-refractivity contribution is 5.88. The maximum Gasteiger partial charge on any atom is 0.343 e. The highest BCUT2D eigenvalue weighted by Gasteiger charge is 2.14. The highest BCUT2D eigenvalue weighted by Crippen LogP contribution is 2.00. The van der Waals surface area contributed by atoms with E-state index in [2.05, 4.69) is 9.97 Å². The summed E-state index contributed by atoms with van der Waals surface area (Å²) in [5.41, 5.74) is -0.840. The lowest BCUT2D eigenvalue weighted by Gasteiger charge is -2.05. The molecule has 1 heterocycles. The first kappa shape index (κ1) is 13.3. The molecule has 1 rings (SSSR count). The third-order valence-electron chi connectivity index (χ3n) is 2.03. The van der Waals surface area contributed by atoms with Crippen LogP contribution in [0.25, 0.3) is 0 Å². The number of nitrogens with one attached hydrogen (secondary N) is 1. The normalized spacial score (nSPS) is 10.5. The van der Waals surface area contributed by atoms with Gasteiger partial charge in [0.15, 0.2) is 0 Å². The second-order valence-corrected chi connectivity index (χ2v) is 3.32. The van der Waals surface area contributed by atoms with Crippen molar-refractivity contribution in [1.82, 2.24) is 9.97 Å². The zero-order chi connectivity index (χ0) is 12.8. The quantitative estimate of drug-likeness (QED) is 0.677. The van der Waals surface area contributed by atoms with Gasteiger partial charge < -0.3 is 19.6 Å². The fourth-order valence-electron chi connectivity index (χ4n) is 1.28. The predicted molar refractivity (Wildman–Crippen MR) is 58.1 cm³/mol. The Balaban J connectivity index is 2.77. The fourth-order valence-corrected chi connectivity index (χ4v) is 1.28. The van der Waals surface area contributed by atoms with Crippen LogP contribution in [0.2, 0.25) is 0 Å². The van der Waals surface area contributed by atoms with E-state index in [0.717, 1.165) is 0 Å². The number of aryl methyl sites for hydroxylation is 1. The molecule has 17 heavy (non-hydrogen) atoms. The zero-order valence-corrected chi connectivity index (χ0v) is 9.65. The number of aromatic carboxylic acids is 1. The molecular formula is C10H14N2O5. The number of aromatic amines is 1. The molecule has 0 radical (unpaired) electrons. The lowest BCUT2D eigenvalue weighted by molar-refractivity contribution is 0.0582. The smallest absolute Gasteiger partial charge is 0.343 e. The van der Waals surface area contributed by atoms with Gasteiger partial charge in [-0.3, -0.25) is 4.79 Å². The van der Waals surface area contributed by atoms with Gasteiger partial charge >= 0.3 is 5.97 Å². The molecule has 7 nitrogen and oxygen atoms in total. The maximum atomic E-state index is 11.4. The molecule has 1 aromatic rings. The first-order valence-electron chi connectivity index (χ1n) is 4.96. The molecule has 0 unspecified atom stereocenters. The van der Waals surface area contributed by atoms with Crippen LogP contribution < -0.4 is 5.56 Å². The van der Waals surface area contributed by atoms with Crippen molar-refractivity contribution >= 4 is 5.97 Å². The van der Waals surface area contributed by atoms with Gasteiger partial charge in [0.05, 0.1) is 18.9 Å². The van der Waals surface area contributed by atoms with E-state index in [-0.39, 0.29) is 17.9 Å². The molecule has 0 spiro atoms. The Kier molecular flexibility index (Phi) is 4.80. The van der Waals surface area contributed by atoms with Crippen molar-refractivity contribution in [2.24, 2.45) is 0 Å². The third kappa shape index (κ3) is 3.65. The molecule has 0 saturated carbocycles. The van der Waals surface area contributed by atoms with Gasteiger partial charge in [-0.25, -0.2) is 9.78 Å². The van der Waals surface area contributed by atoms with E-state index in [1.165, 1.54) is 6.92 Å². The molecule has 0 aliphatic heterocycles. The van der Waals surface area contributed by atoms with E-state index in [0.29, 0.717) is 19.0 Å². The van der Waals surface area contributed by atoms with Crippen LogP contribution in [-0.4, -0.2) is 41.4 Å². The second-order valence-electron chi connectivity index (χ2n) is 3.32. The SMILES string of the molecule is COCCOCc1nc(C)c(C(=O)O)c(=O)[nH]1. The molecule has 0 aromatic carbocycles. The van der Waals surface area contributed by atoms with Crippen LogP contribution in [0.5, 0.6) is 0 Å². The van der Waals surface area contributed by atoms with Crippen LogP contribution in [0.1, 0.15) is 21.9 Å². The molecular weight excluding hydrogens is 228 g/mol. The minimum atomic E-state index is -1.29. The monoisotopic (exact) mass is 242 g/mol. The number of aromatic nitrogens is 2. The summed E-state index contributed by atoms with van der Waals surface area (Å²) in [6.45, 7) is 2.40. The number of nitrogens with zero attached hydrogens (tertiary/aromatic N) is 1. The Morgan fingerprint density at radius 1 is 1.47 bits per heavy atom. The second kappa shape index (κ2) is 6.12. The van der Waals surface area contributed by atoms with Gasteiger partial charge in [0.25, 0.3) is 5.56 Å². The van der Waals surface area contributed by atoms with Crippen molar-refractivity contribution < 1.29 is 19.4 Å². The van der Waals surface area contributed by atoms with E-state index in [1.807, 2.05) is 0 Å². The topological polar surface area (TPSA) is 102 Å². The van der Waals surface area contributed by atoms with Crippen molar-refractivity contribution in [1.29, 1.82) is 0 Å². The van der Waals surface area contributed by atoms with Crippen molar-refractivity contribution in [2.75, 3.05) is 20.3 Å². The maximum absolute atomic E-state index is 11.4. The van der Waals surface area contributed by atoms with Crippen LogP contribution in [0, 0.1) is 6.92 Å². The molecule has 0 atom stereocenters. The van der Waals surface area contributed by atoms with Crippen molar-refractivity contribution in [3.63, 3.8) is 0 Å². The number of carbonyl (C=O) groups is 1. The lowest BCUT2D eigenvalue weighted by atomic mass is 10.2. The molecule has 0 fully saturated rings. The van der Waals surface area contributed by atoms with Crippen LogP contribution in [0.3, 0.4) is 0 Å². The number of methoxy groups -OCH3 is 1. The van der Waals surface area contributed by atoms with Gasteiger partial charge in [-0.1, -0.05) is 0 Å². The molecule has 0 amide bonds. The third-order valence-corrected chi connectivity index (χ3v) is 2.03. The number of rotatable bonds is 6. The minimum absolute atomic E-state index is 0.110. The first-order valence-corrected chi connectivity index (χ1v) is 4.96. The minimum Gasteiger partial charge on any atom is -0.477 e. The molecule has 0 bridgehead atoms. The van der Waals surface area contributed by atoms with E-state index >= 15 is 0 Å². The Morgan fingerprint density at radius 2 is 2.18 bits per heavy atom. The molecule has 1 aromatic heterocycles. The molecule has 0 aliphatic rings. The Morgan fingerprint density at radius 3 is 2.71 bits per heavy atom. The number of carboxylic acid groups (broad SMARTS) is 1. The zero-order valence-electron chi connectivity index (χ0n) is 9.65. The fraction of sp³-hybridized carbons (Fsp3) is 0.500. The predicted octanol–water partition coefficient (Wildman–Crippen LogP) is -0.0605. The van der Waals surface area contributed by atoms with Crippen LogP contribution in [0.4, 0.5) is 0 Å². The number of hydrogen-bond acceptors (Lipinski definition) is 5. The summed E-state index contributed by atoms with van der Waals surface area (Å²) in [5, 5.41) is 8.78. The molecule has 94 valence electrons. The van der Waals surface area contributed by atoms with E-state index in [1.54, 1.807) is 7.11 Å². The Labute approximate surface area is 97.4 Å². The standard InChI is InChI=1S/C10H14N2O5/c1-6-8(10(14)15)9(13)12-7(11-6)5-17-4-3-16-2/h3-5H2,1-2H3,(H,14,15)(H,11,12,13). The Hall–Kier alpha value is -1.73. The van der Waals surface area contributed by atoms with Gasteiger partial charge in [-0.2, -0.15) is 0 Å².